The summed E-state index contributed by atoms with van der Waals surface area (Å²) >= 11 is 5.76. The van der Waals surface area contributed by atoms with Crippen LogP contribution in [0.1, 0.15) is 23.1 Å². The van der Waals surface area contributed by atoms with Crippen molar-refractivity contribution >= 4 is 17.3 Å². The van der Waals surface area contributed by atoms with Crippen LogP contribution in [0, 0.1) is 5.82 Å². The van der Waals surface area contributed by atoms with Crippen LogP contribution in [0.15, 0.2) is 36.4 Å². The number of benzene rings is 2. The summed E-state index contributed by atoms with van der Waals surface area (Å²) in [5.74, 6) is -0.384. The summed E-state index contributed by atoms with van der Waals surface area (Å²) in [6.07, 6.45) is 3.65. The second-order valence-electron chi connectivity index (χ2n) is 4.94. The second-order valence-corrected chi connectivity index (χ2v) is 5.35. The third-order valence-electron chi connectivity index (χ3n) is 3.58. The summed E-state index contributed by atoms with van der Waals surface area (Å²) in [4.78, 5) is 0. The molecule has 0 bridgehead atoms. The number of rotatable bonds is 3. The number of anilines is 1. The molecule has 3 rings (SSSR count). The van der Waals surface area contributed by atoms with Crippen molar-refractivity contribution < 1.29 is 4.39 Å². The fourth-order valence-corrected chi connectivity index (χ4v) is 2.73. The highest BCUT2D eigenvalue weighted by Gasteiger charge is 2.10. The van der Waals surface area contributed by atoms with Crippen LogP contribution in [-0.4, -0.2) is 0 Å². The molecule has 0 unspecified atom stereocenters. The van der Waals surface area contributed by atoms with Crippen molar-refractivity contribution in [1.29, 1.82) is 0 Å². The predicted molar refractivity (Wildman–Crippen MR) is 77.2 cm³/mol. The second kappa shape index (κ2) is 5.22. The van der Waals surface area contributed by atoms with Gasteiger partial charge in [-0.2, -0.15) is 0 Å². The molecule has 1 aliphatic rings. The Labute approximate surface area is 117 Å². The molecule has 1 aliphatic carbocycles. The standard InChI is InChI=1S/C16H15ClFN/c17-15-9-14(6-7-16(15)18)19-10-11-4-5-12-2-1-3-13(12)8-11/h4-9,19H,1-3,10H2. The first-order valence-corrected chi connectivity index (χ1v) is 6.90. The molecule has 0 aliphatic heterocycles. The summed E-state index contributed by atoms with van der Waals surface area (Å²) in [5.41, 5.74) is 5.04. The molecule has 0 spiro atoms. The first-order chi connectivity index (χ1) is 9.22. The van der Waals surface area contributed by atoms with Gasteiger partial charge < -0.3 is 5.32 Å². The largest absolute Gasteiger partial charge is 0.381 e. The normalized spacial score (nSPS) is 13.4. The smallest absolute Gasteiger partial charge is 0.141 e. The number of hydrogen-bond acceptors (Lipinski definition) is 1. The van der Waals surface area contributed by atoms with E-state index in [-0.39, 0.29) is 10.8 Å². The third kappa shape index (κ3) is 2.74. The SMILES string of the molecule is Fc1ccc(NCc2ccc3c(c2)CCC3)cc1Cl. The van der Waals surface area contributed by atoms with Crippen LogP contribution < -0.4 is 5.32 Å². The van der Waals surface area contributed by atoms with Gasteiger partial charge in [0, 0.05) is 12.2 Å². The van der Waals surface area contributed by atoms with Gasteiger partial charge in [-0.3, -0.25) is 0 Å². The van der Waals surface area contributed by atoms with Gasteiger partial charge in [0.25, 0.3) is 0 Å². The quantitative estimate of drug-likeness (QED) is 0.864. The van der Waals surface area contributed by atoms with E-state index in [2.05, 4.69) is 23.5 Å². The van der Waals surface area contributed by atoms with E-state index in [4.69, 9.17) is 11.6 Å². The van der Waals surface area contributed by atoms with Gasteiger partial charge in [-0.05, 0) is 54.2 Å². The zero-order valence-electron chi connectivity index (χ0n) is 10.5. The molecular weight excluding hydrogens is 261 g/mol. The molecule has 2 aromatic rings. The zero-order valence-corrected chi connectivity index (χ0v) is 11.3. The summed E-state index contributed by atoms with van der Waals surface area (Å²) in [5, 5.41) is 3.42. The molecule has 1 N–H and O–H groups in total. The van der Waals surface area contributed by atoms with Crippen molar-refractivity contribution in [3.8, 4) is 0 Å². The molecule has 0 aromatic heterocycles. The summed E-state index contributed by atoms with van der Waals surface area (Å²) < 4.78 is 13.1. The Bertz CT molecular complexity index is 610. The molecular formula is C16H15ClFN. The first kappa shape index (κ1) is 12.5. The van der Waals surface area contributed by atoms with Gasteiger partial charge in [-0.25, -0.2) is 4.39 Å². The molecule has 0 radical (unpaired) electrons. The minimum absolute atomic E-state index is 0.152. The molecule has 1 nitrogen and oxygen atoms in total. The minimum Gasteiger partial charge on any atom is -0.381 e. The Kier molecular flexibility index (Phi) is 3.43. The van der Waals surface area contributed by atoms with E-state index in [0.29, 0.717) is 0 Å². The molecule has 98 valence electrons. The molecule has 2 aromatic carbocycles. The summed E-state index contributed by atoms with van der Waals surface area (Å²) in [6, 6.07) is 11.3. The highest BCUT2D eigenvalue weighted by atomic mass is 35.5. The third-order valence-corrected chi connectivity index (χ3v) is 3.87. The van der Waals surface area contributed by atoms with Gasteiger partial charge in [0.15, 0.2) is 0 Å². The van der Waals surface area contributed by atoms with Crippen LogP contribution >= 0.6 is 11.6 Å². The van der Waals surface area contributed by atoms with Gasteiger partial charge in [0.05, 0.1) is 5.02 Å². The lowest BCUT2D eigenvalue weighted by molar-refractivity contribution is 0.628. The van der Waals surface area contributed by atoms with Crippen LogP contribution in [0.4, 0.5) is 10.1 Å². The average Bonchev–Trinajstić information content (AvgIpc) is 2.87. The number of aryl methyl sites for hydroxylation is 2. The monoisotopic (exact) mass is 275 g/mol. The summed E-state index contributed by atoms with van der Waals surface area (Å²) in [6.45, 7) is 0.731. The first-order valence-electron chi connectivity index (χ1n) is 6.52. The maximum Gasteiger partial charge on any atom is 0.141 e. The van der Waals surface area contributed by atoms with Crippen molar-refractivity contribution in [2.75, 3.05) is 5.32 Å². The number of nitrogens with one attached hydrogen (secondary N) is 1. The molecule has 0 amide bonds. The van der Waals surface area contributed by atoms with Gasteiger partial charge in [-0.15, -0.1) is 0 Å². The van der Waals surface area contributed by atoms with E-state index >= 15 is 0 Å². The van der Waals surface area contributed by atoms with Gasteiger partial charge in [0.2, 0.25) is 0 Å². The van der Waals surface area contributed by atoms with E-state index in [0.717, 1.165) is 12.2 Å². The molecule has 0 heterocycles. The van der Waals surface area contributed by atoms with Gasteiger partial charge in [-0.1, -0.05) is 29.8 Å². The van der Waals surface area contributed by atoms with Crippen molar-refractivity contribution in [2.24, 2.45) is 0 Å². The van der Waals surface area contributed by atoms with Crippen molar-refractivity contribution in [2.45, 2.75) is 25.8 Å². The lowest BCUT2D eigenvalue weighted by Gasteiger charge is -2.09. The van der Waals surface area contributed by atoms with Crippen LogP contribution in [0.25, 0.3) is 0 Å². The van der Waals surface area contributed by atoms with Crippen molar-refractivity contribution in [3.05, 3.63) is 63.9 Å². The fraction of sp³-hybridized carbons (Fsp3) is 0.250. The molecule has 0 fully saturated rings. The molecule has 3 heteroatoms. The van der Waals surface area contributed by atoms with Crippen LogP contribution in [0.2, 0.25) is 5.02 Å². The Morgan fingerprint density at radius 1 is 1.05 bits per heavy atom. The molecule has 0 saturated heterocycles. The highest BCUT2D eigenvalue weighted by Crippen LogP contribution is 2.24. The Balaban J connectivity index is 1.70. The number of halogens is 2. The lowest BCUT2D eigenvalue weighted by atomic mass is 10.1. The van der Waals surface area contributed by atoms with Gasteiger partial charge in [0.1, 0.15) is 5.82 Å². The lowest BCUT2D eigenvalue weighted by Crippen LogP contribution is -2.00. The molecule has 19 heavy (non-hydrogen) atoms. The van der Waals surface area contributed by atoms with Gasteiger partial charge >= 0.3 is 0 Å². The van der Waals surface area contributed by atoms with Crippen LogP contribution in [-0.2, 0) is 19.4 Å². The predicted octanol–water partition coefficient (Wildman–Crippen LogP) is 4.58. The van der Waals surface area contributed by atoms with Crippen LogP contribution in [0.5, 0.6) is 0 Å². The van der Waals surface area contributed by atoms with E-state index in [9.17, 15) is 4.39 Å². The Morgan fingerprint density at radius 2 is 1.89 bits per heavy atom. The van der Waals surface area contributed by atoms with E-state index in [1.807, 2.05) is 0 Å². The maximum absolute atomic E-state index is 13.1. The molecule has 0 atom stereocenters. The van der Waals surface area contributed by atoms with E-state index in [1.54, 1.807) is 12.1 Å². The fourth-order valence-electron chi connectivity index (χ4n) is 2.55. The Hall–Kier alpha value is -1.54. The molecule has 0 saturated carbocycles. The highest BCUT2D eigenvalue weighted by molar-refractivity contribution is 6.31. The summed E-state index contributed by atoms with van der Waals surface area (Å²) in [7, 11) is 0. The zero-order chi connectivity index (χ0) is 13.2. The maximum atomic E-state index is 13.1. The Morgan fingerprint density at radius 3 is 2.74 bits per heavy atom. The topological polar surface area (TPSA) is 12.0 Å². The minimum atomic E-state index is -0.384. The van der Waals surface area contributed by atoms with Crippen molar-refractivity contribution in [3.63, 3.8) is 0 Å². The van der Waals surface area contributed by atoms with E-state index < -0.39 is 0 Å². The average molecular weight is 276 g/mol. The van der Waals surface area contributed by atoms with Crippen molar-refractivity contribution in [1.82, 2.24) is 0 Å². The number of hydrogen-bond donors (Lipinski definition) is 1. The van der Waals surface area contributed by atoms with Crippen LogP contribution in [0.3, 0.4) is 0 Å². The number of fused-ring (bicyclic) bond motifs is 1. The van der Waals surface area contributed by atoms with E-state index in [1.165, 1.54) is 42.0 Å².